The molecule has 0 aliphatic rings. The molecule has 0 aliphatic heterocycles. The summed E-state index contributed by atoms with van der Waals surface area (Å²) < 4.78 is 42.8. The summed E-state index contributed by atoms with van der Waals surface area (Å²) in [5, 5.41) is 12.1. The molecule has 2 aromatic carbocycles. The molecule has 112 valence electrons. The van der Waals surface area contributed by atoms with E-state index in [1.807, 2.05) is 0 Å². The molecule has 0 spiro atoms. The summed E-state index contributed by atoms with van der Waals surface area (Å²) in [6.45, 7) is -1.26. The van der Waals surface area contributed by atoms with E-state index in [0.29, 0.717) is 11.3 Å². The molecule has 0 saturated carbocycles. The predicted molar refractivity (Wildman–Crippen MR) is 73.2 cm³/mol. The monoisotopic (exact) mass is 297 g/mol. The van der Waals surface area contributed by atoms with Crippen molar-refractivity contribution >= 4 is 5.69 Å². The molecule has 1 unspecified atom stereocenters. The zero-order valence-electron chi connectivity index (χ0n) is 11.2. The van der Waals surface area contributed by atoms with E-state index in [4.69, 9.17) is 0 Å². The lowest BCUT2D eigenvalue weighted by Gasteiger charge is -2.19. The van der Waals surface area contributed by atoms with Crippen LogP contribution >= 0.6 is 0 Å². The summed E-state index contributed by atoms with van der Waals surface area (Å²) in [5.41, 5.74) is 0.637. The third kappa shape index (κ3) is 3.81. The molecule has 0 aliphatic carbocycles. The molecule has 0 radical (unpaired) electrons. The molecular weight excluding hydrogens is 283 g/mol. The fourth-order valence-corrected chi connectivity index (χ4v) is 1.96. The Kier molecular flexibility index (Phi) is 4.57. The molecule has 6 heteroatoms. The van der Waals surface area contributed by atoms with Gasteiger partial charge in [0.15, 0.2) is 0 Å². The van der Waals surface area contributed by atoms with Crippen molar-refractivity contribution < 1.29 is 23.0 Å². The van der Waals surface area contributed by atoms with Gasteiger partial charge in [0.1, 0.15) is 17.3 Å². The Morgan fingerprint density at radius 3 is 2.52 bits per heavy atom. The normalized spacial score (nSPS) is 12.2. The van der Waals surface area contributed by atoms with Crippen LogP contribution in [0.15, 0.2) is 42.5 Å². The Hall–Kier alpha value is -2.37. The first kappa shape index (κ1) is 15.0. The maximum atomic E-state index is 13.8. The number of anilines is 1. The van der Waals surface area contributed by atoms with Gasteiger partial charge < -0.3 is 15.2 Å². The molecule has 0 heterocycles. The van der Waals surface area contributed by atoms with Gasteiger partial charge >= 0.3 is 6.61 Å². The minimum Gasteiger partial charge on any atom is -0.508 e. The second kappa shape index (κ2) is 6.39. The van der Waals surface area contributed by atoms with Gasteiger partial charge in [-0.25, -0.2) is 4.39 Å². The van der Waals surface area contributed by atoms with E-state index >= 15 is 0 Å². The number of para-hydroxylation sites is 2. The van der Waals surface area contributed by atoms with E-state index < -0.39 is 18.5 Å². The van der Waals surface area contributed by atoms with Gasteiger partial charge in [0.05, 0.1) is 11.7 Å². The standard InChI is InChI=1S/C15H14F3NO2/c1-9(11-7-6-10(20)8-12(11)16)19-13-4-2-3-5-14(13)21-15(17)18/h2-9,15,19-20H,1H3. The fourth-order valence-electron chi connectivity index (χ4n) is 1.96. The predicted octanol–water partition coefficient (Wildman–Crippen LogP) is 4.31. The van der Waals surface area contributed by atoms with Gasteiger partial charge in [-0.2, -0.15) is 8.78 Å². The maximum absolute atomic E-state index is 13.8. The van der Waals surface area contributed by atoms with Crippen LogP contribution in [-0.2, 0) is 0 Å². The summed E-state index contributed by atoms with van der Waals surface area (Å²) in [6, 6.07) is 9.47. The second-order valence-electron chi connectivity index (χ2n) is 4.45. The number of hydrogen-bond donors (Lipinski definition) is 2. The number of nitrogens with one attached hydrogen (secondary N) is 1. The molecule has 0 bridgehead atoms. The van der Waals surface area contributed by atoms with Gasteiger partial charge in [-0.15, -0.1) is 0 Å². The molecule has 0 saturated heterocycles. The number of alkyl halides is 2. The molecule has 3 nitrogen and oxygen atoms in total. The van der Waals surface area contributed by atoms with Gasteiger partial charge in [0, 0.05) is 11.6 Å². The number of ether oxygens (including phenoxy) is 1. The smallest absolute Gasteiger partial charge is 0.387 e. The highest BCUT2D eigenvalue weighted by atomic mass is 19.3. The van der Waals surface area contributed by atoms with Crippen molar-refractivity contribution in [3.05, 3.63) is 53.8 Å². The number of hydrogen-bond acceptors (Lipinski definition) is 3. The Bertz CT molecular complexity index is 620. The van der Waals surface area contributed by atoms with Crippen molar-refractivity contribution in [3.8, 4) is 11.5 Å². The largest absolute Gasteiger partial charge is 0.508 e. The summed E-state index contributed by atoms with van der Waals surface area (Å²) in [4.78, 5) is 0. The van der Waals surface area contributed by atoms with Crippen LogP contribution in [0.1, 0.15) is 18.5 Å². The van der Waals surface area contributed by atoms with Crippen molar-refractivity contribution in [2.75, 3.05) is 5.32 Å². The molecule has 21 heavy (non-hydrogen) atoms. The summed E-state index contributed by atoms with van der Waals surface area (Å²) in [7, 11) is 0. The molecule has 0 aromatic heterocycles. The lowest BCUT2D eigenvalue weighted by atomic mass is 10.1. The number of benzene rings is 2. The average Bonchev–Trinajstić information content (AvgIpc) is 2.40. The minimum atomic E-state index is -2.94. The highest BCUT2D eigenvalue weighted by Gasteiger charge is 2.15. The molecule has 1 atom stereocenters. The highest BCUT2D eigenvalue weighted by molar-refractivity contribution is 5.57. The zero-order chi connectivity index (χ0) is 15.4. The van der Waals surface area contributed by atoms with Crippen molar-refractivity contribution in [3.63, 3.8) is 0 Å². The summed E-state index contributed by atoms with van der Waals surface area (Å²) >= 11 is 0. The van der Waals surface area contributed by atoms with Crippen molar-refractivity contribution in [2.45, 2.75) is 19.6 Å². The zero-order valence-corrected chi connectivity index (χ0v) is 11.2. The van der Waals surface area contributed by atoms with E-state index in [1.54, 1.807) is 25.1 Å². The summed E-state index contributed by atoms with van der Waals surface area (Å²) in [5.74, 6) is -0.773. The van der Waals surface area contributed by atoms with Crippen LogP contribution in [0.5, 0.6) is 11.5 Å². The van der Waals surface area contributed by atoms with Crippen LogP contribution in [0.3, 0.4) is 0 Å². The average molecular weight is 297 g/mol. The van der Waals surface area contributed by atoms with E-state index in [2.05, 4.69) is 10.1 Å². The van der Waals surface area contributed by atoms with Gasteiger partial charge in [0.2, 0.25) is 0 Å². The molecule has 2 aromatic rings. The van der Waals surface area contributed by atoms with Crippen LogP contribution < -0.4 is 10.1 Å². The topological polar surface area (TPSA) is 41.5 Å². The van der Waals surface area contributed by atoms with Crippen molar-refractivity contribution in [1.82, 2.24) is 0 Å². The second-order valence-corrected chi connectivity index (χ2v) is 4.45. The number of rotatable bonds is 5. The van der Waals surface area contributed by atoms with Crippen molar-refractivity contribution in [1.29, 1.82) is 0 Å². The lowest BCUT2D eigenvalue weighted by molar-refractivity contribution is -0.0493. The van der Waals surface area contributed by atoms with Gasteiger partial charge in [-0.1, -0.05) is 18.2 Å². The molecule has 2 N–H and O–H groups in total. The number of phenolic OH excluding ortho intramolecular Hbond substituents is 1. The Labute approximate surface area is 120 Å². The molecule has 2 rings (SSSR count). The number of halogens is 3. The molecular formula is C15H14F3NO2. The first-order chi connectivity index (χ1) is 9.97. The van der Waals surface area contributed by atoms with Crippen LogP contribution in [-0.4, -0.2) is 11.7 Å². The molecule has 0 amide bonds. The van der Waals surface area contributed by atoms with E-state index in [9.17, 15) is 18.3 Å². The third-order valence-electron chi connectivity index (χ3n) is 2.93. The third-order valence-corrected chi connectivity index (χ3v) is 2.93. The first-order valence-electron chi connectivity index (χ1n) is 6.26. The molecule has 0 fully saturated rings. The van der Waals surface area contributed by atoms with Crippen LogP contribution in [0.25, 0.3) is 0 Å². The van der Waals surface area contributed by atoms with Crippen LogP contribution in [0.4, 0.5) is 18.9 Å². The lowest BCUT2D eigenvalue weighted by Crippen LogP contribution is -2.11. The number of aromatic hydroxyl groups is 1. The Morgan fingerprint density at radius 2 is 1.86 bits per heavy atom. The van der Waals surface area contributed by atoms with Gasteiger partial charge in [-0.3, -0.25) is 0 Å². The SMILES string of the molecule is CC(Nc1ccccc1OC(F)F)c1ccc(O)cc1F. The van der Waals surface area contributed by atoms with Gasteiger partial charge in [-0.05, 0) is 25.1 Å². The van der Waals surface area contributed by atoms with Crippen LogP contribution in [0, 0.1) is 5.82 Å². The van der Waals surface area contributed by atoms with Crippen molar-refractivity contribution in [2.24, 2.45) is 0 Å². The van der Waals surface area contributed by atoms with E-state index in [1.165, 1.54) is 18.2 Å². The minimum absolute atomic E-state index is 0.0152. The van der Waals surface area contributed by atoms with Gasteiger partial charge in [0.25, 0.3) is 0 Å². The Morgan fingerprint density at radius 1 is 1.14 bits per heavy atom. The van der Waals surface area contributed by atoms with Crippen LogP contribution in [0.2, 0.25) is 0 Å². The first-order valence-corrected chi connectivity index (χ1v) is 6.26. The fraction of sp³-hybridized carbons (Fsp3) is 0.200. The van der Waals surface area contributed by atoms with E-state index in [0.717, 1.165) is 6.07 Å². The Balaban J connectivity index is 2.21. The van der Waals surface area contributed by atoms with E-state index in [-0.39, 0.29) is 11.5 Å². The summed E-state index contributed by atoms with van der Waals surface area (Å²) in [6.07, 6.45) is 0. The maximum Gasteiger partial charge on any atom is 0.387 e. The highest BCUT2D eigenvalue weighted by Crippen LogP contribution is 2.30. The number of phenols is 1. The quantitative estimate of drug-likeness (QED) is 0.864.